The number of halogens is 2. The molecule has 0 saturated heterocycles. The van der Waals surface area contributed by atoms with E-state index in [1.807, 2.05) is 11.9 Å². The second-order valence-corrected chi connectivity index (χ2v) is 7.65. The Hall–Kier alpha value is -1.54. The lowest BCUT2D eigenvalue weighted by atomic mass is 10.2. The number of benzene rings is 1. The predicted octanol–water partition coefficient (Wildman–Crippen LogP) is 2.50. The number of hydrogen-bond donors (Lipinski definition) is 1. The lowest BCUT2D eigenvalue weighted by Gasteiger charge is -2.23. The molecule has 0 bridgehead atoms. The Morgan fingerprint density at radius 2 is 1.83 bits per heavy atom. The van der Waals surface area contributed by atoms with E-state index in [0.29, 0.717) is 11.7 Å². The number of nitrogens with zero attached hydrogens (tertiary/aromatic N) is 1. The molecule has 1 fully saturated rings. The monoisotopic (exact) mass is 346 g/mol. The van der Waals surface area contributed by atoms with Gasteiger partial charge in [-0.3, -0.25) is 9.69 Å². The maximum absolute atomic E-state index is 12.4. The average Bonchev–Trinajstić information content (AvgIpc) is 3.01. The molecule has 1 aliphatic rings. The largest absolute Gasteiger partial charge is 0.341 e. The van der Waals surface area contributed by atoms with Gasteiger partial charge in [-0.15, -0.1) is 0 Å². The van der Waals surface area contributed by atoms with Crippen LogP contribution in [0.1, 0.15) is 25.7 Å². The van der Waals surface area contributed by atoms with E-state index in [0.717, 1.165) is 25.0 Å². The van der Waals surface area contributed by atoms with Crippen molar-refractivity contribution in [1.29, 1.82) is 0 Å². The van der Waals surface area contributed by atoms with E-state index in [9.17, 15) is 22.0 Å². The van der Waals surface area contributed by atoms with Gasteiger partial charge in [0.05, 0.1) is 11.4 Å². The van der Waals surface area contributed by atoms with Gasteiger partial charge in [-0.25, -0.2) is 8.42 Å². The normalized spacial score (nSPS) is 16.2. The molecule has 128 valence electrons. The Kier molecular flexibility index (Phi) is 5.69. The summed E-state index contributed by atoms with van der Waals surface area (Å²) in [6, 6.07) is 5.17. The molecule has 1 aromatic carbocycles. The summed E-state index contributed by atoms with van der Waals surface area (Å²) in [4.78, 5) is 13.5. The van der Waals surface area contributed by atoms with Crippen LogP contribution < -0.4 is 5.32 Å². The van der Waals surface area contributed by atoms with E-state index in [2.05, 4.69) is 5.32 Å². The highest BCUT2D eigenvalue weighted by Gasteiger charge is 2.26. The van der Waals surface area contributed by atoms with Gasteiger partial charge < -0.3 is 5.32 Å². The first-order valence-corrected chi connectivity index (χ1v) is 8.97. The number of hydrogen-bond acceptors (Lipinski definition) is 4. The lowest BCUT2D eigenvalue weighted by Crippen LogP contribution is -2.36. The molecular weight excluding hydrogens is 326 g/mol. The number of carbonyl (C=O) groups excluding carboxylic acids is 1. The van der Waals surface area contributed by atoms with Crippen molar-refractivity contribution in [2.24, 2.45) is 0 Å². The molecule has 0 atom stereocenters. The summed E-state index contributed by atoms with van der Waals surface area (Å²) in [5.74, 6) is -3.67. The van der Waals surface area contributed by atoms with Gasteiger partial charge in [0.2, 0.25) is 15.7 Å². The van der Waals surface area contributed by atoms with Gasteiger partial charge >= 0.3 is 5.76 Å². The standard InChI is InChI=1S/C15H20F2N2O3S/c1-19(12-4-2-3-5-12)10-14(20)18-11-6-8-13(9-7-11)23(21,22)15(16)17/h6-9,12,15H,2-5,10H2,1H3,(H,18,20). The highest BCUT2D eigenvalue weighted by atomic mass is 32.2. The van der Waals surface area contributed by atoms with Gasteiger partial charge in [-0.2, -0.15) is 8.78 Å². The summed E-state index contributed by atoms with van der Waals surface area (Å²) < 4.78 is 47.5. The number of carbonyl (C=O) groups is 1. The molecule has 0 aromatic heterocycles. The first-order chi connectivity index (χ1) is 10.8. The fourth-order valence-corrected chi connectivity index (χ4v) is 3.45. The van der Waals surface area contributed by atoms with Crippen LogP contribution >= 0.6 is 0 Å². The number of anilines is 1. The van der Waals surface area contributed by atoms with E-state index in [1.54, 1.807) is 0 Å². The van der Waals surface area contributed by atoms with Crippen molar-refractivity contribution in [1.82, 2.24) is 4.90 Å². The number of sulfone groups is 1. The van der Waals surface area contributed by atoms with Crippen molar-refractivity contribution in [2.75, 3.05) is 18.9 Å². The minimum Gasteiger partial charge on any atom is -0.325 e. The predicted molar refractivity (Wildman–Crippen MR) is 83.1 cm³/mol. The first kappa shape index (κ1) is 17.8. The molecular formula is C15H20F2N2O3S. The minimum absolute atomic E-state index is 0.219. The van der Waals surface area contributed by atoms with Crippen LogP contribution in [0.5, 0.6) is 0 Å². The molecule has 1 amide bonds. The second kappa shape index (κ2) is 7.35. The fraction of sp³-hybridized carbons (Fsp3) is 0.533. The molecule has 23 heavy (non-hydrogen) atoms. The number of likely N-dealkylation sites (N-methyl/N-ethyl adjacent to an activating group) is 1. The fourth-order valence-electron chi connectivity index (χ4n) is 2.73. The second-order valence-electron chi connectivity index (χ2n) is 5.73. The van der Waals surface area contributed by atoms with E-state index >= 15 is 0 Å². The van der Waals surface area contributed by atoms with Gasteiger partial charge in [0.25, 0.3) is 0 Å². The van der Waals surface area contributed by atoms with Gasteiger partial charge in [0, 0.05) is 11.7 Å². The van der Waals surface area contributed by atoms with Crippen molar-refractivity contribution in [3.63, 3.8) is 0 Å². The minimum atomic E-state index is -4.61. The zero-order valence-corrected chi connectivity index (χ0v) is 13.7. The van der Waals surface area contributed by atoms with Crippen LogP contribution in [-0.2, 0) is 14.6 Å². The molecule has 5 nitrogen and oxygen atoms in total. The Morgan fingerprint density at radius 1 is 1.26 bits per heavy atom. The number of rotatable bonds is 6. The van der Waals surface area contributed by atoms with Gasteiger partial charge in [0.15, 0.2) is 0 Å². The molecule has 2 rings (SSSR count). The van der Waals surface area contributed by atoms with Crippen molar-refractivity contribution < 1.29 is 22.0 Å². The molecule has 1 N–H and O–H groups in total. The number of alkyl halides is 2. The van der Waals surface area contributed by atoms with E-state index in [-0.39, 0.29) is 12.5 Å². The van der Waals surface area contributed by atoms with E-state index < -0.39 is 20.5 Å². The van der Waals surface area contributed by atoms with Crippen molar-refractivity contribution in [3.8, 4) is 0 Å². The summed E-state index contributed by atoms with van der Waals surface area (Å²) in [5, 5.41) is 2.64. The van der Waals surface area contributed by atoms with Crippen molar-refractivity contribution >= 4 is 21.4 Å². The lowest BCUT2D eigenvalue weighted by molar-refractivity contribution is -0.117. The molecule has 1 aliphatic carbocycles. The molecule has 8 heteroatoms. The van der Waals surface area contributed by atoms with Crippen LogP contribution in [0.2, 0.25) is 0 Å². The highest BCUT2D eigenvalue weighted by Crippen LogP contribution is 2.23. The van der Waals surface area contributed by atoms with Crippen LogP contribution in [0.4, 0.5) is 14.5 Å². The summed E-state index contributed by atoms with van der Waals surface area (Å²) in [7, 11) is -2.71. The maximum Gasteiger partial charge on any atom is 0.341 e. The number of amides is 1. The quantitative estimate of drug-likeness (QED) is 0.859. The Balaban J connectivity index is 1.94. The summed E-state index contributed by atoms with van der Waals surface area (Å²) >= 11 is 0. The average molecular weight is 346 g/mol. The molecule has 0 unspecified atom stereocenters. The summed E-state index contributed by atoms with van der Waals surface area (Å²) in [6.45, 7) is 0.238. The smallest absolute Gasteiger partial charge is 0.325 e. The third-order valence-corrected chi connectivity index (χ3v) is 5.44. The third kappa shape index (κ3) is 4.48. The maximum atomic E-state index is 12.4. The molecule has 0 radical (unpaired) electrons. The summed E-state index contributed by atoms with van der Waals surface area (Å²) in [6.07, 6.45) is 4.53. The topological polar surface area (TPSA) is 66.5 Å². The van der Waals surface area contributed by atoms with Gasteiger partial charge in [-0.05, 0) is 44.2 Å². The molecule has 0 heterocycles. The van der Waals surface area contributed by atoms with Crippen LogP contribution in [0.15, 0.2) is 29.2 Å². The Labute approximate surface area is 134 Å². The number of nitrogens with one attached hydrogen (secondary N) is 1. The Bertz CT molecular complexity index is 641. The van der Waals surface area contributed by atoms with Gasteiger partial charge in [-0.1, -0.05) is 12.8 Å². The van der Waals surface area contributed by atoms with E-state index in [1.165, 1.54) is 25.0 Å². The van der Waals surface area contributed by atoms with Crippen molar-refractivity contribution in [3.05, 3.63) is 24.3 Å². The molecule has 1 saturated carbocycles. The van der Waals surface area contributed by atoms with Crippen LogP contribution in [0.3, 0.4) is 0 Å². The van der Waals surface area contributed by atoms with Gasteiger partial charge in [0.1, 0.15) is 0 Å². The van der Waals surface area contributed by atoms with Crippen molar-refractivity contribution in [2.45, 2.75) is 42.4 Å². The van der Waals surface area contributed by atoms with Crippen LogP contribution in [0, 0.1) is 0 Å². The molecule has 0 aliphatic heterocycles. The van der Waals surface area contributed by atoms with Crippen LogP contribution in [0.25, 0.3) is 0 Å². The molecule has 0 spiro atoms. The first-order valence-electron chi connectivity index (χ1n) is 7.43. The summed E-state index contributed by atoms with van der Waals surface area (Å²) in [5.41, 5.74) is 0.378. The van der Waals surface area contributed by atoms with E-state index in [4.69, 9.17) is 0 Å². The third-order valence-electron chi connectivity index (χ3n) is 4.04. The SMILES string of the molecule is CN(CC(=O)Nc1ccc(S(=O)(=O)C(F)F)cc1)C1CCCC1. The van der Waals surface area contributed by atoms with Crippen LogP contribution in [-0.4, -0.2) is 44.6 Å². The molecule has 1 aromatic rings. The Morgan fingerprint density at radius 3 is 2.35 bits per heavy atom. The highest BCUT2D eigenvalue weighted by molar-refractivity contribution is 7.91. The zero-order chi connectivity index (χ0) is 17.0. The zero-order valence-electron chi connectivity index (χ0n) is 12.8.